The SMILES string of the molecule is COc1ccc2cccc(CC(=O)NC[C@@H]3CN4CCN3CC4)c2c1. The molecule has 3 saturated heterocycles. The lowest BCUT2D eigenvalue weighted by molar-refractivity contribution is -0.121. The number of ether oxygens (including phenoxy) is 1. The standard InChI is InChI=1S/C20H25N3O2/c1-25-18-6-5-15-3-2-4-16(19(15)12-18)11-20(24)21-13-17-14-22-7-9-23(17)10-8-22/h2-6,12,17H,7-11,13-14H2,1H3,(H,21,24)/t17-/m1/s1. The highest BCUT2D eigenvalue weighted by molar-refractivity contribution is 5.91. The van der Waals surface area contributed by atoms with Crippen molar-refractivity contribution in [2.24, 2.45) is 0 Å². The Morgan fingerprint density at radius 3 is 2.76 bits per heavy atom. The van der Waals surface area contributed by atoms with Gasteiger partial charge in [0.2, 0.25) is 5.91 Å². The minimum absolute atomic E-state index is 0.0907. The van der Waals surface area contributed by atoms with E-state index < -0.39 is 0 Å². The van der Waals surface area contributed by atoms with E-state index in [2.05, 4.69) is 21.2 Å². The van der Waals surface area contributed by atoms with Crippen molar-refractivity contribution in [3.8, 4) is 5.75 Å². The predicted octanol–water partition coefficient (Wildman–Crippen LogP) is 1.51. The van der Waals surface area contributed by atoms with Crippen molar-refractivity contribution in [3.05, 3.63) is 42.0 Å². The molecular weight excluding hydrogens is 314 g/mol. The van der Waals surface area contributed by atoms with Crippen molar-refractivity contribution in [2.45, 2.75) is 12.5 Å². The Hall–Kier alpha value is -2.11. The number of fused-ring (bicyclic) bond motifs is 4. The number of amides is 1. The average Bonchev–Trinajstić information content (AvgIpc) is 2.67. The highest BCUT2D eigenvalue weighted by Crippen LogP contribution is 2.24. The minimum Gasteiger partial charge on any atom is -0.497 e. The number of benzene rings is 2. The normalized spacial score (nSPS) is 25.1. The van der Waals surface area contributed by atoms with Gasteiger partial charge >= 0.3 is 0 Å². The number of hydrogen-bond donors (Lipinski definition) is 1. The van der Waals surface area contributed by atoms with Crippen LogP contribution in [0.2, 0.25) is 0 Å². The van der Waals surface area contributed by atoms with Gasteiger partial charge in [0.1, 0.15) is 5.75 Å². The molecule has 0 spiro atoms. The van der Waals surface area contributed by atoms with Crippen LogP contribution in [-0.4, -0.2) is 68.1 Å². The molecule has 0 aliphatic carbocycles. The first-order chi connectivity index (χ1) is 12.2. The number of carbonyl (C=O) groups is 1. The molecule has 5 rings (SSSR count). The molecule has 25 heavy (non-hydrogen) atoms. The monoisotopic (exact) mass is 339 g/mol. The fraction of sp³-hybridized carbons (Fsp3) is 0.450. The van der Waals surface area contributed by atoms with E-state index in [-0.39, 0.29) is 5.91 Å². The van der Waals surface area contributed by atoms with Gasteiger partial charge in [0, 0.05) is 45.3 Å². The summed E-state index contributed by atoms with van der Waals surface area (Å²) in [6.07, 6.45) is 0.404. The molecule has 132 valence electrons. The molecule has 2 aromatic rings. The molecule has 2 aromatic carbocycles. The lowest BCUT2D eigenvalue weighted by atomic mass is 10.0. The van der Waals surface area contributed by atoms with Crippen LogP contribution < -0.4 is 10.1 Å². The molecule has 0 aromatic heterocycles. The van der Waals surface area contributed by atoms with Crippen LogP contribution in [0, 0.1) is 0 Å². The van der Waals surface area contributed by atoms with Crippen LogP contribution in [0.5, 0.6) is 5.75 Å². The Morgan fingerprint density at radius 1 is 1.20 bits per heavy atom. The number of hydrogen-bond acceptors (Lipinski definition) is 4. The second-order valence-electron chi connectivity index (χ2n) is 6.98. The van der Waals surface area contributed by atoms with Crippen LogP contribution in [0.1, 0.15) is 5.56 Å². The van der Waals surface area contributed by atoms with E-state index in [4.69, 9.17) is 4.74 Å². The molecule has 1 atom stereocenters. The first kappa shape index (κ1) is 16.4. The largest absolute Gasteiger partial charge is 0.497 e. The Kier molecular flexibility index (Phi) is 4.59. The quantitative estimate of drug-likeness (QED) is 0.897. The highest BCUT2D eigenvalue weighted by atomic mass is 16.5. The van der Waals surface area contributed by atoms with Gasteiger partial charge in [-0.25, -0.2) is 0 Å². The second-order valence-corrected chi connectivity index (χ2v) is 6.98. The zero-order chi connectivity index (χ0) is 17.2. The summed E-state index contributed by atoms with van der Waals surface area (Å²) in [6.45, 7) is 6.41. The summed E-state index contributed by atoms with van der Waals surface area (Å²) in [4.78, 5) is 17.5. The topological polar surface area (TPSA) is 44.8 Å². The third kappa shape index (κ3) is 3.48. The van der Waals surface area contributed by atoms with Gasteiger partial charge in [-0.1, -0.05) is 24.3 Å². The summed E-state index contributed by atoms with van der Waals surface area (Å²) < 4.78 is 5.33. The summed E-state index contributed by atoms with van der Waals surface area (Å²) in [5.74, 6) is 0.911. The van der Waals surface area contributed by atoms with E-state index >= 15 is 0 Å². The smallest absolute Gasteiger partial charge is 0.224 e. The van der Waals surface area contributed by atoms with E-state index in [0.29, 0.717) is 12.5 Å². The lowest BCUT2D eigenvalue weighted by Crippen LogP contribution is -2.63. The summed E-state index contributed by atoms with van der Waals surface area (Å²) in [7, 11) is 1.67. The van der Waals surface area contributed by atoms with Crippen molar-refractivity contribution in [1.82, 2.24) is 15.1 Å². The van der Waals surface area contributed by atoms with Gasteiger partial charge in [-0.3, -0.25) is 14.6 Å². The minimum atomic E-state index is 0.0907. The number of rotatable bonds is 5. The maximum absolute atomic E-state index is 12.5. The van der Waals surface area contributed by atoms with E-state index in [1.54, 1.807) is 7.11 Å². The van der Waals surface area contributed by atoms with E-state index in [1.807, 2.05) is 30.3 Å². The van der Waals surface area contributed by atoms with Gasteiger partial charge in [0.25, 0.3) is 0 Å². The molecule has 3 fully saturated rings. The first-order valence-electron chi connectivity index (χ1n) is 9.02. The van der Waals surface area contributed by atoms with E-state index in [9.17, 15) is 4.79 Å². The molecule has 3 heterocycles. The summed E-state index contributed by atoms with van der Waals surface area (Å²) >= 11 is 0. The maximum atomic E-state index is 12.5. The van der Waals surface area contributed by atoms with Crippen molar-refractivity contribution in [1.29, 1.82) is 0 Å². The summed E-state index contributed by atoms with van der Waals surface area (Å²) in [5.41, 5.74) is 1.04. The number of nitrogens with zero attached hydrogens (tertiary/aromatic N) is 2. The number of methoxy groups -OCH3 is 1. The van der Waals surface area contributed by atoms with Gasteiger partial charge in [-0.2, -0.15) is 0 Å². The van der Waals surface area contributed by atoms with Gasteiger partial charge in [0.05, 0.1) is 13.5 Å². The summed E-state index contributed by atoms with van der Waals surface area (Å²) in [5, 5.41) is 5.36. The van der Waals surface area contributed by atoms with Gasteiger partial charge in [-0.05, 0) is 28.5 Å². The molecule has 0 unspecified atom stereocenters. The van der Waals surface area contributed by atoms with Crippen molar-refractivity contribution in [2.75, 3.05) is 46.4 Å². The van der Waals surface area contributed by atoms with Crippen LogP contribution in [0.15, 0.2) is 36.4 Å². The molecule has 3 aliphatic heterocycles. The Balaban J connectivity index is 1.41. The Morgan fingerprint density at radius 2 is 2.04 bits per heavy atom. The molecule has 5 heteroatoms. The second kappa shape index (κ2) is 7.02. The van der Waals surface area contributed by atoms with Gasteiger partial charge in [-0.15, -0.1) is 0 Å². The number of nitrogens with one attached hydrogen (secondary N) is 1. The van der Waals surface area contributed by atoms with Gasteiger partial charge < -0.3 is 10.1 Å². The molecule has 1 N–H and O–H groups in total. The highest BCUT2D eigenvalue weighted by Gasteiger charge is 2.31. The van der Waals surface area contributed by atoms with Crippen molar-refractivity contribution >= 4 is 16.7 Å². The van der Waals surface area contributed by atoms with E-state index in [0.717, 1.165) is 48.3 Å². The Bertz CT molecular complexity index is 769. The van der Waals surface area contributed by atoms with Crippen LogP contribution in [-0.2, 0) is 11.2 Å². The first-order valence-corrected chi connectivity index (χ1v) is 9.02. The molecule has 5 nitrogen and oxygen atoms in total. The molecule has 0 radical (unpaired) electrons. The van der Waals surface area contributed by atoms with Gasteiger partial charge in [0.15, 0.2) is 0 Å². The summed E-state index contributed by atoms with van der Waals surface area (Å²) in [6, 6.07) is 12.6. The molecule has 0 saturated carbocycles. The van der Waals surface area contributed by atoms with Crippen LogP contribution in [0.3, 0.4) is 0 Å². The Labute approximate surface area is 148 Å². The zero-order valence-electron chi connectivity index (χ0n) is 14.7. The third-order valence-corrected chi connectivity index (χ3v) is 5.46. The molecular formula is C20H25N3O2. The maximum Gasteiger partial charge on any atom is 0.224 e. The molecule has 3 aliphatic rings. The fourth-order valence-corrected chi connectivity index (χ4v) is 3.98. The number of piperazine rings is 3. The fourth-order valence-electron chi connectivity index (χ4n) is 3.98. The number of carbonyl (C=O) groups excluding carboxylic acids is 1. The predicted molar refractivity (Wildman–Crippen MR) is 99.0 cm³/mol. The van der Waals surface area contributed by atoms with Crippen molar-refractivity contribution in [3.63, 3.8) is 0 Å². The third-order valence-electron chi connectivity index (χ3n) is 5.46. The lowest BCUT2D eigenvalue weighted by Gasteiger charge is -2.47. The van der Waals surface area contributed by atoms with Crippen LogP contribution in [0.25, 0.3) is 10.8 Å². The van der Waals surface area contributed by atoms with E-state index in [1.165, 1.54) is 13.1 Å². The average molecular weight is 339 g/mol. The van der Waals surface area contributed by atoms with Crippen LogP contribution >= 0.6 is 0 Å². The zero-order valence-corrected chi connectivity index (χ0v) is 14.7. The molecule has 2 bridgehead atoms. The van der Waals surface area contributed by atoms with Crippen LogP contribution in [0.4, 0.5) is 0 Å². The van der Waals surface area contributed by atoms with Crippen molar-refractivity contribution < 1.29 is 9.53 Å². The molecule has 1 amide bonds.